The highest BCUT2D eigenvalue weighted by molar-refractivity contribution is 6.15. The van der Waals surface area contributed by atoms with Gasteiger partial charge in [0.2, 0.25) is 5.78 Å². The normalized spacial score (nSPS) is 16.8. The number of esters is 1. The summed E-state index contributed by atoms with van der Waals surface area (Å²) in [5.74, 6) is -3.24. The van der Waals surface area contributed by atoms with Crippen LogP contribution in [-0.4, -0.2) is 38.4 Å². The number of hydrogen-bond acceptors (Lipinski definition) is 7. The minimum atomic E-state index is -2.09. The molecular weight excluding hydrogens is 448 g/mol. The molecule has 4 aromatic rings. The SMILES string of the molecule is CCOC(=O)c1c(-c2onc3c2C(=O)C(C)(O)c2cccc(F)c2-3)cnn1-c1ccccc1F. The van der Waals surface area contributed by atoms with Gasteiger partial charge in [0, 0.05) is 11.1 Å². The first-order valence-electron chi connectivity index (χ1n) is 10.3. The van der Waals surface area contributed by atoms with Gasteiger partial charge in [-0.3, -0.25) is 4.79 Å². The Morgan fingerprint density at radius 2 is 1.88 bits per heavy atom. The van der Waals surface area contributed by atoms with Crippen molar-refractivity contribution in [2.24, 2.45) is 0 Å². The molecule has 0 amide bonds. The summed E-state index contributed by atoms with van der Waals surface area (Å²) >= 11 is 0. The van der Waals surface area contributed by atoms with Crippen molar-refractivity contribution in [3.8, 4) is 28.3 Å². The van der Waals surface area contributed by atoms with Crippen LogP contribution in [0.25, 0.3) is 28.3 Å². The summed E-state index contributed by atoms with van der Waals surface area (Å²) in [5.41, 5.74) is -2.77. The molecule has 0 spiro atoms. The third kappa shape index (κ3) is 2.99. The summed E-state index contributed by atoms with van der Waals surface area (Å²) < 4.78 is 40.9. The Kier molecular flexibility index (Phi) is 4.90. The van der Waals surface area contributed by atoms with Crippen molar-refractivity contribution >= 4 is 11.8 Å². The number of rotatable bonds is 4. The van der Waals surface area contributed by atoms with Gasteiger partial charge in [0.05, 0.1) is 23.9 Å². The lowest BCUT2D eigenvalue weighted by Gasteiger charge is -2.28. The second kappa shape index (κ2) is 7.70. The van der Waals surface area contributed by atoms with Gasteiger partial charge in [-0.15, -0.1) is 0 Å². The maximum absolute atomic E-state index is 14.8. The second-order valence-electron chi connectivity index (χ2n) is 7.79. The molecule has 5 rings (SSSR count). The summed E-state index contributed by atoms with van der Waals surface area (Å²) in [6, 6.07) is 9.61. The third-order valence-electron chi connectivity index (χ3n) is 5.70. The van der Waals surface area contributed by atoms with Crippen LogP contribution in [0.5, 0.6) is 0 Å². The largest absolute Gasteiger partial charge is 0.461 e. The first kappa shape index (κ1) is 21.7. The summed E-state index contributed by atoms with van der Waals surface area (Å²) in [5, 5.41) is 19.0. The van der Waals surface area contributed by atoms with Crippen LogP contribution in [0.1, 0.15) is 40.3 Å². The smallest absolute Gasteiger partial charge is 0.357 e. The molecule has 1 atom stereocenters. The molecule has 172 valence electrons. The van der Waals surface area contributed by atoms with E-state index in [0.717, 1.165) is 4.68 Å². The van der Waals surface area contributed by atoms with Gasteiger partial charge in [0.25, 0.3) is 0 Å². The van der Waals surface area contributed by atoms with Gasteiger partial charge in [-0.05, 0) is 32.0 Å². The number of carbonyl (C=O) groups excluding carboxylic acids is 2. The van der Waals surface area contributed by atoms with Crippen LogP contribution in [0.15, 0.2) is 53.2 Å². The molecule has 2 aromatic carbocycles. The summed E-state index contributed by atoms with van der Waals surface area (Å²) in [6.45, 7) is 2.85. The highest BCUT2D eigenvalue weighted by Gasteiger charge is 2.47. The molecule has 0 fully saturated rings. The number of benzene rings is 2. The molecule has 0 saturated carbocycles. The molecule has 2 aromatic heterocycles. The molecule has 1 N–H and O–H groups in total. The van der Waals surface area contributed by atoms with E-state index in [0.29, 0.717) is 0 Å². The lowest BCUT2D eigenvalue weighted by atomic mass is 9.77. The summed E-state index contributed by atoms with van der Waals surface area (Å²) in [6.07, 6.45) is 1.19. The number of nitrogens with zero attached hydrogens (tertiary/aromatic N) is 3. The minimum Gasteiger partial charge on any atom is -0.461 e. The molecule has 0 bridgehead atoms. The average molecular weight is 465 g/mol. The van der Waals surface area contributed by atoms with Crippen molar-refractivity contribution in [3.05, 3.63) is 77.1 Å². The molecule has 0 radical (unpaired) electrons. The Balaban J connectivity index is 1.79. The van der Waals surface area contributed by atoms with Crippen LogP contribution >= 0.6 is 0 Å². The fourth-order valence-electron chi connectivity index (χ4n) is 4.11. The van der Waals surface area contributed by atoms with E-state index < -0.39 is 29.0 Å². The highest BCUT2D eigenvalue weighted by Crippen LogP contribution is 2.46. The van der Waals surface area contributed by atoms with E-state index in [1.165, 1.54) is 49.5 Å². The van der Waals surface area contributed by atoms with Gasteiger partial charge in [-0.2, -0.15) is 5.10 Å². The number of para-hydroxylation sites is 1. The van der Waals surface area contributed by atoms with Crippen molar-refractivity contribution in [1.29, 1.82) is 0 Å². The number of hydrogen-bond donors (Lipinski definition) is 1. The Hall–Kier alpha value is -4.18. The molecule has 0 aliphatic heterocycles. The van der Waals surface area contributed by atoms with Crippen LogP contribution in [0.2, 0.25) is 0 Å². The second-order valence-corrected chi connectivity index (χ2v) is 7.79. The van der Waals surface area contributed by atoms with E-state index in [1.54, 1.807) is 13.0 Å². The van der Waals surface area contributed by atoms with E-state index in [4.69, 9.17) is 9.26 Å². The minimum absolute atomic E-state index is 0.0153. The number of Topliss-reactive ketones (excluding diaryl/α,β-unsaturated/α-hetero) is 1. The molecule has 2 heterocycles. The van der Waals surface area contributed by atoms with E-state index in [-0.39, 0.29) is 51.7 Å². The van der Waals surface area contributed by atoms with E-state index in [1.807, 2.05) is 0 Å². The zero-order valence-corrected chi connectivity index (χ0v) is 18.0. The predicted molar refractivity (Wildman–Crippen MR) is 114 cm³/mol. The fourth-order valence-corrected chi connectivity index (χ4v) is 4.11. The Bertz CT molecular complexity index is 1470. The first-order valence-corrected chi connectivity index (χ1v) is 10.3. The molecule has 1 aliphatic rings. The van der Waals surface area contributed by atoms with E-state index >= 15 is 0 Å². The molecule has 1 unspecified atom stereocenters. The highest BCUT2D eigenvalue weighted by atomic mass is 19.1. The van der Waals surface area contributed by atoms with Crippen LogP contribution in [0.3, 0.4) is 0 Å². The van der Waals surface area contributed by atoms with Gasteiger partial charge >= 0.3 is 5.97 Å². The molecule has 8 nitrogen and oxygen atoms in total. The quantitative estimate of drug-likeness (QED) is 0.453. The monoisotopic (exact) mass is 465 g/mol. The lowest BCUT2D eigenvalue weighted by Crippen LogP contribution is -2.36. The number of halogens is 2. The summed E-state index contributed by atoms with van der Waals surface area (Å²) in [7, 11) is 0. The molecule has 10 heteroatoms. The van der Waals surface area contributed by atoms with Crippen molar-refractivity contribution < 1.29 is 32.7 Å². The fraction of sp³-hybridized carbons (Fsp3) is 0.167. The van der Waals surface area contributed by atoms with Crippen LogP contribution in [0.4, 0.5) is 8.78 Å². The van der Waals surface area contributed by atoms with Crippen LogP contribution in [0, 0.1) is 11.6 Å². The van der Waals surface area contributed by atoms with Crippen molar-refractivity contribution in [3.63, 3.8) is 0 Å². The first-order chi connectivity index (χ1) is 16.3. The zero-order valence-electron chi connectivity index (χ0n) is 18.0. The molecule has 1 aliphatic carbocycles. The standard InChI is InChI=1S/C24H17F2N3O5/c1-3-33-23(31)20-12(11-27-29(20)16-10-5-4-8-14(16)25)21-18-19(28-34-21)17-13(7-6-9-15(17)26)24(2,32)22(18)30/h4-11,32H,3H2,1-2H3. The van der Waals surface area contributed by atoms with Crippen molar-refractivity contribution in [1.82, 2.24) is 14.9 Å². The summed E-state index contributed by atoms with van der Waals surface area (Å²) in [4.78, 5) is 26.2. The number of ketones is 1. The van der Waals surface area contributed by atoms with Gasteiger partial charge in [0.15, 0.2) is 17.1 Å². The Labute approximate surface area is 191 Å². The van der Waals surface area contributed by atoms with Crippen molar-refractivity contribution in [2.75, 3.05) is 6.61 Å². The number of ether oxygens (including phenoxy) is 1. The molecule has 0 saturated heterocycles. The maximum Gasteiger partial charge on any atom is 0.357 e. The number of aliphatic hydroxyl groups is 1. The maximum atomic E-state index is 14.8. The molecular formula is C24H17F2N3O5. The number of fused-ring (bicyclic) bond motifs is 3. The number of carbonyl (C=O) groups is 2. The van der Waals surface area contributed by atoms with Gasteiger partial charge in [-0.1, -0.05) is 29.4 Å². The number of aromatic nitrogens is 3. The van der Waals surface area contributed by atoms with Gasteiger partial charge in [-0.25, -0.2) is 18.3 Å². The molecule has 34 heavy (non-hydrogen) atoms. The Morgan fingerprint density at radius 1 is 1.15 bits per heavy atom. The zero-order chi connectivity index (χ0) is 24.2. The Morgan fingerprint density at radius 3 is 2.62 bits per heavy atom. The lowest BCUT2D eigenvalue weighted by molar-refractivity contribution is 0.0386. The average Bonchev–Trinajstić information content (AvgIpc) is 3.42. The predicted octanol–water partition coefficient (Wildman–Crippen LogP) is 4.05. The topological polar surface area (TPSA) is 107 Å². The van der Waals surface area contributed by atoms with E-state index in [9.17, 15) is 23.5 Å². The van der Waals surface area contributed by atoms with Crippen molar-refractivity contribution in [2.45, 2.75) is 19.4 Å². The third-order valence-corrected chi connectivity index (χ3v) is 5.70. The van der Waals surface area contributed by atoms with Crippen LogP contribution in [-0.2, 0) is 10.3 Å². The van der Waals surface area contributed by atoms with E-state index in [2.05, 4.69) is 10.3 Å². The van der Waals surface area contributed by atoms with Gasteiger partial charge < -0.3 is 14.4 Å². The van der Waals surface area contributed by atoms with Gasteiger partial charge in [0.1, 0.15) is 23.0 Å². The van der Waals surface area contributed by atoms with Crippen LogP contribution < -0.4 is 0 Å².